The number of para-hydroxylation sites is 1. The molecule has 3 aromatic carbocycles. The Bertz CT molecular complexity index is 1860. The number of aromatic amines is 1. The van der Waals surface area contributed by atoms with Crippen LogP contribution in [0.3, 0.4) is 0 Å². The van der Waals surface area contributed by atoms with Gasteiger partial charge in [-0.3, -0.25) is 19.2 Å². The monoisotopic (exact) mass is 723 g/mol. The summed E-state index contributed by atoms with van der Waals surface area (Å²) in [5.41, 5.74) is -0.721. The molecule has 3 heterocycles. The normalized spacial score (nSPS) is 19.5. The number of aromatic nitrogens is 1. The fourth-order valence-corrected chi connectivity index (χ4v) is 8.21. The molecule has 1 aromatic heterocycles. The van der Waals surface area contributed by atoms with Gasteiger partial charge in [0.25, 0.3) is 5.91 Å². The van der Waals surface area contributed by atoms with Crippen LogP contribution in [0.5, 0.6) is 5.75 Å². The minimum atomic E-state index is -4.69. The highest BCUT2D eigenvalue weighted by Crippen LogP contribution is 2.54. The van der Waals surface area contributed by atoms with Crippen LogP contribution >= 0.6 is 50.6 Å². The Balaban J connectivity index is 1.34. The maximum Gasteiger partial charge on any atom is 0.418 e. The highest BCUT2D eigenvalue weighted by molar-refractivity contribution is 9.10. The van der Waals surface area contributed by atoms with E-state index in [0.29, 0.717) is 21.2 Å². The van der Waals surface area contributed by atoms with Gasteiger partial charge in [0.1, 0.15) is 11.0 Å². The number of thiazole rings is 1. The molecule has 0 radical (unpaired) electrons. The Morgan fingerprint density at radius 3 is 2.50 bits per heavy atom. The molecule has 1 saturated heterocycles. The summed E-state index contributed by atoms with van der Waals surface area (Å²) in [6.45, 7) is -0.676. The van der Waals surface area contributed by atoms with Gasteiger partial charge in [-0.1, -0.05) is 62.8 Å². The lowest BCUT2D eigenvalue weighted by Crippen LogP contribution is -2.32. The summed E-state index contributed by atoms with van der Waals surface area (Å²) in [6.07, 6.45) is -4.69. The van der Waals surface area contributed by atoms with E-state index in [2.05, 4.69) is 26.2 Å². The van der Waals surface area contributed by atoms with Gasteiger partial charge in [-0.05, 0) is 54.6 Å². The van der Waals surface area contributed by atoms with Crippen LogP contribution in [0.25, 0.3) is 0 Å². The number of amides is 3. The molecule has 0 spiro atoms. The van der Waals surface area contributed by atoms with Crippen LogP contribution in [0.2, 0.25) is 5.02 Å². The molecule has 2 aliphatic heterocycles. The van der Waals surface area contributed by atoms with Crippen molar-refractivity contribution in [1.82, 2.24) is 4.98 Å². The quantitative estimate of drug-likeness (QED) is 0.215. The van der Waals surface area contributed by atoms with Gasteiger partial charge in [-0.25, -0.2) is 4.90 Å². The maximum atomic E-state index is 14.0. The van der Waals surface area contributed by atoms with E-state index < -0.39 is 58.8 Å². The highest BCUT2D eigenvalue weighted by Gasteiger charge is 2.57. The molecule has 0 saturated carbocycles. The molecule has 6 rings (SSSR count). The molecule has 3 amide bonds. The SMILES string of the molecule is O=C(COc1ccc(Cl)cc1[C@@H]1c2sc(=O)[nH]c2S[C@H]2C(=O)N(c3ccc(Br)cc3)C(=O)[C@@H]12)Nc1ccccc1C(F)(F)F. The Morgan fingerprint density at radius 1 is 1.05 bits per heavy atom. The second-order valence-corrected chi connectivity index (χ2v) is 13.3. The van der Waals surface area contributed by atoms with Crippen molar-refractivity contribution in [2.45, 2.75) is 22.4 Å². The van der Waals surface area contributed by atoms with Crippen molar-refractivity contribution in [3.8, 4) is 5.75 Å². The molecular formula is C29H18BrClF3N3O5S2. The summed E-state index contributed by atoms with van der Waals surface area (Å²) in [5, 5.41) is 2.03. The summed E-state index contributed by atoms with van der Waals surface area (Å²) < 4.78 is 46.8. The first-order valence-electron chi connectivity index (χ1n) is 12.8. The number of hydrogen-bond donors (Lipinski definition) is 2. The molecule has 4 aromatic rings. The van der Waals surface area contributed by atoms with Crippen LogP contribution in [0.4, 0.5) is 24.5 Å². The van der Waals surface area contributed by atoms with Crippen molar-refractivity contribution >= 4 is 79.7 Å². The first kappa shape index (κ1) is 30.4. The van der Waals surface area contributed by atoms with E-state index in [1.165, 1.54) is 30.3 Å². The average Bonchev–Trinajstić information content (AvgIpc) is 3.46. The number of hydrogen-bond acceptors (Lipinski definition) is 7. The largest absolute Gasteiger partial charge is 0.483 e. The predicted molar refractivity (Wildman–Crippen MR) is 164 cm³/mol. The van der Waals surface area contributed by atoms with E-state index in [1.807, 2.05) is 0 Å². The summed E-state index contributed by atoms with van der Waals surface area (Å²) in [5.74, 6) is -3.51. The minimum Gasteiger partial charge on any atom is -0.483 e. The number of halogens is 5. The number of fused-ring (bicyclic) bond motifs is 2. The molecular weight excluding hydrogens is 707 g/mol. The van der Waals surface area contributed by atoms with E-state index in [-0.39, 0.29) is 15.6 Å². The number of thioether (sulfide) groups is 1. The molecule has 15 heteroatoms. The van der Waals surface area contributed by atoms with E-state index >= 15 is 0 Å². The lowest BCUT2D eigenvalue weighted by atomic mass is 9.82. The number of nitrogens with one attached hydrogen (secondary N) is 2. The second kappa shape index (κ2) is 11.7. The summed E-state index contributed by atoms with van der Waals surface area (Å²) in [4.78, 5) is 56.8. The fourth-order valence-electron chi connectivity index (χ4n) is 5.26. The number of imide groups is 1. The predicted octanol–water partition coefficient (Wildman–Crippen LogP) is 6.68. The Hall–Kier alpha value is -3.59. The number of carbonyl (C=O) groups excluding carboxylic acids is 3. The third-order valence-electron chi connectivity index (χ3n) is 7.08. The number of benzene rings is 3. The number of nitrogens with zero attached hydrogens (tertiary/aromatic N) is 1. The number of rotatable bonds is 6. The Kier molecular flexibility index (Phi) is 8.11. The third kappa shape index (κ3) is 5.67. The number of ether oxygens (including phenoxy) is 1. The number of anilines is 2. The van der Waals surface area contributed by atoms with Crippen molar-refractivity contribution in [2.24, 2.45) is 5.92 Å². The zero-order valence-electron chi connectivity index (χ0n) is 22.0. The van der Waals surface area contributed by atoms with Crippen molar-refractivity contribution < 1.29 is 32.3 Å². The van der Waals surface area contributed by atoms with Crippen LogP contribution < -0.4 is 19.8 Å². The second-order valence-electron chi connectivity index (χ2n) is 9.80. The van der Waals surface area contributed by atoms with Gasteiger partial charge in [-0.2, -0.15) is 13.2 Å². The molecule has 3 atom stereocenters. The summed E-state index contributed by atoms with van der Waals surface area (Å²) >= 11 is 11.7. The topological polar surface area (TPSA) is 109 Å². The van der Waals surface area contributed by atoms with Gasteiger partial charge in [0, 0.05) is 25.9 Å². The van der Waals surface area contributed by atoms with E-state index in [4.69, 9.17) is 16.3 Å². The highest BCUT2D eigenvalue weighted by atomic mass is 79.9. The molecule has 0 unspecified atom stereocenters. The maximum absolute atomic E-state index is 14.0. The summed E-state index contributed by atoms with van der Waals surface area (Å²) in [6, 6.07) is 15.7. The molecule has 44 heavy (non-hydrogen) atoms. The van der Waals surface area contributed by atoms with Crippen LogP contribution in [0.15, 0.2) is 81.0 Å². The standard InChI is InChI=1S/C29H18BrClF3N3O5S2/c30-13-5-8-15(9-6-13)37-26(39)22-21(23-25(36-28(41)44-23)43-24(22)27(37)40)16-11-14(31)7-10-19(16)42-12-20(38)35-18-4-2-1-3-17(18)29(32,33)34/h1-11,21-22,24H,12H2,(H,35,38)(H,36,41)/t21-,22-,24+/m0/s1. The van der Waals surface area contributed by atoms with Gasteiger partial charge in [0.2, 0.25) is 11.8 Å². The smallest absolute Gasteiger partial charge is 0.418 e. The fraction of sp³-hybridized carbons (Fsp3) is 0.172. The lowest BCUT2D eigenvalue weighted by Gasteiger charge is -2.31. The number of carbonyl (C=O) groups is 3. The van der Waals surface area contributed by atoms with Crippen LogP contribution in [0, 0.1) is 5.92 Å². The van der Waals surface area contributed by atoms with Gasteiger partial charge in [0.05, 0.1) is 27.9 Å². The Labute approximate surface area is 268 Å². The van der Waals surface area contributed by atoms with E-state index in [0.717, 1.165) is 44.6 Å². The lowest BCUT2D eigenvalue weighted by molar-refractivity contribution is -0.137. The van der Waals surface area contributed by atoms with Crippen LogP contribution in [-0.2, 0) is 20.6 Å². The first-order chi connectivity index (χ1) is 20.9. The van der Waals surface area contributed by atoms with Crippen molar-refractivity contribution in [3.63, 3.8) is 0 Å². The number of H-pyrrole nitrogens is 1. The molecule has 0 bridgehead atoms. The molecule has 1 fully saturated rings. The van der Waals surface area contributed by atoms with Crippen LogP contribution in [-0.4, -0.2) is 34.6 Å². The molecule has 2 aliphatic rings. The molecule has 226 valence electrons. The first-order valence-corrected chi connectivity index (χ1v) is 15.7. The molecule has 8 nitrogen and oxygen atoms in total. The summed E-state index contributed by atoms with van der Waals surface area (Å²) in [7, 11) is 0. The zero-order chi connectivity index (χ0) is 31.3. The van der Waals surface area contributed by atoms with Gasteiger partial charge in [-0.15, -0.1) is 0 Å². The molecule has 2 N–H and O–H groups in total. The molecule has 0 aliphatic carbocycles. The van der Waals surface area contributed by atoms with Gasteiger partial charge in [0.15, 0.2) is 6.61 Å². The number of alkyl halides is 3. The minimum absolute atomic E-state index is 0.110. The van der Waals surface area contributed by atoms with Crippen LogP contribution in [0.1, 0.15) is 21.9 Å². The van der Waals surface area contributed by atoms with Gasteiger partial charge >= 0.3 is 11.0 Å². The third-order valence-corrected chi connectivity index (χ3v) is 10.2. The average molecular weight is 725 g/mol. The van der Waals surface area contributed by atoms with Crippen molar-refractivity contribution in [3.05, 3.63) is 102 Å². The van der Waals surface area contributed by atoms with Gasteiger partial charge < -0.3 is 15.0 Å². The van der Waals surface area contributed by atoms with Crippen molar-refractivity contribution in [2.75, 3.05) is 16.8 Å². The van der Waals surface area contributed by atoms with E-state index in [9.17, 15) is 32.3 Å². The van der Waals surface area contributed by atoms with E-state index in [1.54, 1.807) is 24.3 Å². The Morgan fingerprint density at radius 2 is 1.77 bits per heavy atom. The van der Waals surface area contributed by atoms with Crippen molar-refractivity contribution in [1.29, 1.82) is 0 Å². The zero-order valence-corrected chi connectivity index (χ0v) is 26.0.